The summed E-state index contributed by atoms with van der Waals surface area (Å²) in [6.07, 6.45) is 0. The summed E-state index contributed by atoms with van der Waals surface area (Å²) in [6, 6.07) is 14.9. The molecule has 0 unspecified atom stereocenters. The molecule has 2 amide bonds. The average molecular weight is 348 g/mol. The van der Waals surface area contributed by atoms with E-state index in [-0.39, 0.29) is 18.5 Å². The van der Waals surface area contributed by atoms with Crippen LogP contribution in [-0.2, 0) is 0 Å². The molecule has 0 saturated heterocycles. The Balaban J connectivity index is 1.95. The number of amides is 2. The van der Waals surface area contributed by atoms with E-state index in [0.717, 1.165) is 25.9 Å². The topological polar surface area (TPSA) is 61.8 Å². The molecule has 0 fully saturated rings. The van der Waals surface area contributed by atoms with Gasteiger partial charge in [0.25, 0.3) is 0 Å². The quantitative estimate of drug-likeness (QED) is 0.513. The Morgan fingerprint density at radius 1 is 1.13 bits per heavy atom. The monoisotopic (exact) mass is 347 g/mol. The first-order valence-electron chi connectivity index (χ1n) is 7.07. The molecule has 0 bridgehead atoms. The molecule has 0 aromatic heterocycles. The summed E-state index contributed by atoms with van der Waals surface area (Å²) in [5.74, 6) is 0.146. The number of carbonyl (C=O) groups is 1. The van der Waals surface area contributed by atoms with Crippen molar-refractivity contribution in [1.82, 2.24) is 10.3 Å². The summed E-state index contributed by atoms with van der Waals surface area (Å²) in [6.45, 7) is 0.0711. The van der Waals surface area contributed by atoms with Crippen LogP contribution in [0.1, 0.15) is 17.2 Å². The van der Waals surface area contributed by atoms with E-state index in [0.29, 0.717) is 0 Å². The molecule has 0 aliphatic carbocycles. The van der Waals surface area contributed by atoms with Crippen molar-refractivity contribution >= 4 is 29.4 Å². The smallest absolute Gasteiger partial charge is 0.325 e. The Kier molecular flexibility index (Phi) is 4.83. The Labute approximate surface area is 143 Å². The number of benzene rings is 2. The highest BCUT2D eigenvalue weighted by atomic mass is 35.5. The lowest BCUT2D eigenvalue weighted by Gasteiger charge is -2.29. The van der Waals surface area contributed by atoms with Gasteiger partial charge in [0, 0.05) is 15.7 Å². The van der Waals surface area contributed by atoms with Crippen LogP contribution in [0.4, 0.5) is 4.79 Å². The minimum Gasteiger partial charge on any atom is -0.325 e. The SMILES string of the molecule is O=NN(CCCl)C(=O)NC1c2ccccc2Sc2ccccc21. The van der Waals surface area contributed by atoms with Crippen molar-refractivity contribution in [2.45, 2.75) is 15.8 Å². The summed E-state index contributed by atoms with van der Waals surface area (Å²) in [5.41, 5.74) is 2.00. The van der Waals surface area contributed by atoms with Gasteiger partial charge in [-0.25, -0.2) is 4.79 Å². The predicted molar refractivity (Wildman–Crippen MR) is 90.6 cm³/mol. The van der Waals surface area contributed by atoms with Crippen molar-refractivity contribution in [3.63, 3.8) is 0 Å². The van der Waals surface area contributed by atoms with Crippen LogP contribution in [0.5, 0.6) is 0 Å². The lowest BCUT2D eigenvalue weighted by Crippen LogP contribution is -2.40. The third-order valence-corrected chi connectivity index (χ3v) is 4.93. The first-order valence-corrected chi connectivity index (χ1v) is 8.42. The summed E-state index contributed by atoms with van der Waals surface area (Å²) >= 11 is 7.27. The molecule has 2 aromatic rings. The largest absolute Gasteiger partial charge is 0.341 e. The van der Waals surface area contributed by atoms with Crippen molar-refractivity contribution < 1.29 is 4.79 Å². The molecule has 23 heavy (non-hydrogen) atoms. The number of urea groups is 1. The zero-order valence-corrected chi connectivity index (χ0v) is 13.7. The van der Waals surface area contributed by atoms with E-state index in [2.05, 4.69) is 10.6 Å². The molecule has 3 rings (SSSR count). The number of hydrogen-bond donors (Lipinski definition) is 1. The summed E-state index contributed by atoms with van der Waals surface area (Å²) in [7, 11) is 0. The molecule has 1 N–H and O–H groups in total. The molecule has 118 valence electrons. The normalized spacial score (nSPS) is 12.9. The highest BCUT2D eigenvalue weighted by Gasteiger charge is 2.28. The van der Waals surface area contributed by atoms with Gasteiger partial charge in [-0.3, -0.25) is 0 Å². The van der Waals surface area contributed by atoms with Gasteiger partial charge in [-0.15, -0.1) is 16.5 Å². The van der Waals surface area contributed by atoms with Gasteiger partial charge in [-0.2, -0.15) is 5.01 Å². The van der Waals surface area contributed by atoms with Gasteiger partial charge < -0.3 is 5.32 Å². The predicted octanol–water partition coefficient (Wildman–Crippen LogP) is 4.17. The first-order chi connectivity index (χ1) is 11.2. The molecule has 7 heteroatoms. The number of hydrogen-bond acceptors (Lipinski definition) is 4. The van der Waals surface area contributed by atoms with Gasteiger partial charge in [0.1, 0.15) is 0 Å². The molecule has 1 aliphatic heterocycles. The van der Waals surface area contributed by atoms with Gasteiger partial charge in [0.2, 0.25) is 0 Å². The first kappa shape index (κ1) is 15.8. The standard InChI is InChI=1S/C16H14ClN3O2S/c17-9-10-20(19-22)16(21)18-15-11-5-1-3-7-13(11)23-14-8-4-2-6-12(14)15/h1-8,15H,9-10H2,(H,18,21). The summed E-state index contributed by atoms with van der Waals surface area (Å²) in [4.78, 5) is 25.3. The van der Waals surface area contributed by atoms with E-state index in [1.54, 1.807) is 11.8 Å². The molecule has 2 aromatic carbocycles. The second-order valence-corrected chi connectivity index (χ2v) is 6.42. The van der Waals surface area contributed by atoms with Crippen LogP contribution in [0.3, 0.4) is 0 Å². The maximum atomic E-state index is 12.3. The highest BCUT2D eigenvalue weighted by Crippen LogP contribution is 2.44. The molecule has 1 heterocycles. The van der Waals surface area contributed by atoms with E-state index in [1.165, 1.54) is 0 Å². The average Bonchev–Trinajstić information content (AvgIpc) is 2.59. The summed E-state index contributed by atoms with van der Waals surface area (Å²) in [5, 5.41) is 6.43. The fourth-order valence-corrected chi connectivity index (χ4v) is 3.82. The third-order valence-electron chi connectivity index (χ3n) is 3.58. The molecule has 1 aliphatic rings. The zero-order chi connectivity index (χ0) is 16.2. The van der Waals surface area contributed by atoms with Crippen LogP contribution in [0, 0.1) is 4.91 Å². The van der Waals surface area contributed by atoms with E-state index in [9.17, 15) is 9.70 Å². The summed E-state index contributed by atoms with van der Waals surface area (Å²) < 4.78 is 0. The van der Waals surface area contributed by atoms with Crippen molar-refractivity contribution in [3.8, 4) is 0 Å². The molecule has 0 atom stereocenters. The lowest BCUT2D eigenvalue weighted by molar-refractivity contribution is 0.199. The molecular formula is C16H14ClN3O2S. The molecule has 5 nitrogen and oxygen atoms in total. The van der Waals surface area contributed by atoms with Crippen LogP contribution in [0.2, 0.25) is 0 Å². The van der Waals surface area contributed by atoms with E-state index >= 15 is 0 Å². The minimum absolute atomic E-state index is 0.0711. The number of nitroso groups, excluding NO2 is 1. The van der Waals surface area contributed by atoms with Gasteiger partial charge in [0.05, 0.1) is 17.9 Å². The molecule has 0 spiro atoms. The van der Waals surface area contributed by atoms with Crippen molar-refractivity contribution in [1.29, 1.82) is 0 Å². The third kappa shape index (κ3) is 3.18. The number of carbonyl (C=O) groups excluding carboxylic acids is 1. The Hall–Kier alpha value is -2.05. The Bertz CT molecular complexity index is 695. The Morgan fingerprint density at radius 3 is 2.22 bits per heavy atom. The number of fused-ring (bicyclic) bond motifs is 2. The second kappa shape index (κ2) is 7.02. The fourth-order valence-electron chi connectivity index (χ4n) is 2.52. The molecular weight excluding hydrogens is 334 g/mol. The minimum atomic E-state index is -0.554. The number of nitrogens with one attached hydrogen (secondary N) is 1. The van der Waals surface area contributed by atoms with Gasteiger partial charge in [-0.1, -0.05) is 48.2 Å². The molecule has 0 radical (unpaired) electrons. The molecule has 0 saturated carbocycles. The van der Waals surface area contributed by atoms with Gasteiger partial charge >= 0.3 is 6.03 Å². The Morgan fingerprint density at radius 2 is 1.70 bits per heavy atom. The van der Waals surface area contributed by atoms with Crippen LogP contribution >= 0.6 is 23.4 Å². The lowest BCUT2D eigenvalue weighted by atomic mass is 9.98. The van der Waals surface area contributed by atoms with Gasteiger partial charge in [0.15, 0.2) is 0 Å². The number of rotatable bonds is 4. The maximum Gasteiger partial charge on any atom is 0.341 e. The van der Waals surface area contributed by atoms with Crippen LogP contribution in [0.15, 0.2) is 63.6 Å². The van der Waals surface area contributed by atoms with E-state index in [1.807, 2.05) is 48.5 Å². The number of halogens is 1. The van der Waals surface area contributed by atoms with Crippen LogP contribution in [0.25, 0.3) is 0 Å². The van der Waals surface area contributed by atoms with Crippen LogP contribution in [-0.4, -0.2) is 23.5 Å². The van der Waals surface area contributed by atoms with Crippen molar-refractivity contribution in [2.75, 3.05) is 12.4 Å². The fraction of sp³-hybridized carbons (Fsp3) is 0.188. The van der Waals surface area contributed by atoms with E-state index in [4.69, 9.17) is 11.6 Å². The zero-order valence-electron chi connectivity index (χ0n) is 12.1. The van der Waals surface area contributed by atoms with Gasteiger partial charge in [-0.05, 0) is 23.3 Å². The van der Waals surface area contributed by atoms with Crippen molar-refractivity contribution in [2.24, 2.45) is 5.29 Å². The number of alkyl halides is 1. The highest BCUT2D eigenvalue weighted by molar-refractivity contribution is 7.99. The van der Waals surface area contributed by atoms with E-state index < -0.39 is 6.03 Å². The maximum absolute atomic E-state index is 12.3. The second-order valence-electron chi connectivity index (χ2n) is 4.95. The van der Waals surface area contributed by atoms with Crippen LogP contribution < -0.4 is 5.32 Å². The van der Waals surface area contributed by atoms with Crippen molar-refractivity contribution in [3.05, 3.63) is 64.6 Å². The number of nitrogens with zero attached hydrogens (tertiary/aromatic N) is 2.